The Morgan fingerprint density at radius 1 is 1.36 bits per heavy atom. The van der Waals surface area contributed by atoms with Crippen LogP contribution in [0.25, 0.3) is 0 Å². The van der Waals surface area contributed by atoms with Crippen molar-refractivity contribution in [3.8, 4) is 0 Å². The molecular formula is C12H18N2. The van der Waals surface area contributed by atoms with E-state index in [1.807, 2.05) is 0 Å². The molecule has 0 aliphatic carbocycles. The molecule has 0 spiro atoms. The molecule has 2 nitrogen and oxygen atoms in total. The molecule has 0 amide bonds. The molecule has 0 aromatic heterocycles. The number of rotatable bonds is 0. The lowest BCUT2D eigenvalue weighted by Gasteiger charge is -2.33. The third-order valence-corrected chi connectivity index (χ3v) is 3.03. The number of fused-ring (bicyclic) bond motifs is 1. The van der Waals surface area contributed by atoms with E-state index in [1.54, 1.807) is 0 Å². The van der Waals surface area contributed by atoms with Crippen LogP contribution in [0.15, 0.2) is 12.1 Å². The van der Waals surface area contributed by atoms with E-state index in [4.69, 9.17) is 5.73 Å². The van der Waals surface area contributed by atoms with Crippen molar-refractivity contribution in [1.82, 2.24) is 0 Å². The predicted molar refractivity (Wildman–Crippen MR) is 60.7 cm³/mol. The Morgan fingerprint density at radius 2 is 2.07 bits per heavy atom. The summed E-state index contributed by atoms with van der Waals surface area (Å²) < 4.78 is 0. The van der Waals surface area contributed by atoms with Gasteiger partial charge in [0.1, 0.15) is 0 Å². The summed E-state index contributed by atoms with van der Waals surface area (Å²) in [6, 6.07) is 4.68. The third-order valence-electron chi connectivity index (χ3n) is 3.03. The Labute approximate surface area is 85.7 Å². The number of benzene rings is 1. The first-order chi connectivity index (χ1) is 6.59. The lowest BCUT2D eigenvalue weighted by molar-refractivity contribution is 0.612. The van der Waals surface area contributed by atoms with Gasteiger partial charge in [-0.25, -0.2) is 0 Å². The van der Waals surface area contributed by atoms with Crippen molar-refractivity contribution >= 4 is 5.69 Å². The van der Waals surface area contributed by atoms with Crippen LogP contribution in [0.2, 0.25) is 0 Å². The average Bonchev–Trinajstić information content (AvgIpc) is 2.10. The van der Waals surface area contributed by atoms with Gasteiger partial charge >= 0.3 is 0 Å². The number of aryl methyl sites for hydroxylation is 2. The Morgan fingerprint density at radius 3 is 2.79 bits per heavy atom. The summed E-state index contributed by atoms with van der Waals surface area (Å²) in [5, 5.41) is 0. The van der Waals surface area contributed by atoms with Crippen molar-refractivity contribution in [3.05, 3.63) is 28.8 Å². The normalized spacial score (nSPS) is 20.9. The van der Waals surface area contributed by atoms with Gasteiger partial charge in [0, 0.05) is 25.3 Å². The summed E-state index contributed by atoms with van der Waals surface area (Å²) in [4.78, 5) is 2.31. The second kappa shape index (κ2) is 3.28. The molecule has 1 aromatic carbocycles. The molecule has 1 atom stereocenters. The highest BCUT2D eigenvalue weighted by atomic mass is 15.1. The fraction of sp³-hybridized carbons (Fsp3) is 0.500. The average molecular weight is 190 g/mol. The molecule has 14 heavy (non-hydrogen) atoms. The zero-order valence-corrected chi connectivity index (χ0v) is 9.17. The minimum absolute atomic E-state index is 0.222. The zero-order valence-electron chi connectivity index (χ0n) is 9.17. The maximum absolute atomic E-state index is 6.12. The van der Waals surface area contributed by atoms with Gasteiger partial charge in [-0.15, -0.1) is 0 Å². The molecule has 2 rings (SSSR count). The van der Waals surface area contributed by atoms with Gasteiger partial charge < -0.3 is 10.6 Å². The number of nitrogens with two attached hydrogens (primary N) is 1. The summed E-state index contributed by atoms with van der Waals surface area (Å²) in [6.45, 7) is 5.37. The fourth-order valence-corrected chi connectivity index (χ4v) is 2.40. The third kappa shape index (κ3) is 1.40. The van der Waals surface area contributed by atoms with E-state index in [1.165, 1.54) is 22.4 Å². The minimum atomic E-state index is 0.222. The smallest absolute Gasteiger partial charge is 0.0441 e. The van der Waals surface area contributed by atoms with Crippen LogP contribution in [0, 0.1) is 13.8 Å². The van der Waals surface area contributed by atoms with E-state index in [2.05, 4.69) is 37.9 Å². The van der Waals surface area contributed by atoms with Gasteiger partial charge in [0.15, 0.2) is 0 Å². The standard InChI is InChI=1S/C12H18N2/c1-8-6-9(2)12-10(7-8)11(13)4-5-14(12)3/h6-7,11H,4-5,13H2,1-3H3. The van der Waals surface area contributed by atoms with E-state index in [0.29, 0.717) is 0 Å². The number of hydrogen-bond acceptors (Lipinski definition) is 2. The second-order valence-electron chi connectivity index (χ2n) is 4.34. The van der Waals surface area contributed by atoms with Crippen molar-refractivity contribution in [2.45, 2.75) is 26.3 Å². The number of hydrogen-bond donors (Lipinski definition) is 1. The minimum Gasteiger partial charge on any atom is -0.374 e. The van der Waals surface area contributed by atoms with Crippen LogP contribution in [0.1, 0.15) is 29.2 Å². The molecule has 1 aliphatic heterocycles. The highest BCUT2D eigenvalue weighted by Crippen LogP contribution is 2.34. The van der Waals surface area contributed by atoms with Crippen LogP contribution in [0.3, 0.4) is 0 Å². The summed E-state index contributed by atoms with van der Waals surface area (Å²) in [5.41, 5.74) is 11.4. The first kappa shape index (κ1) is 9.53. The maximum Gasteiger partial charge on any atom is 0.0441 e. The Hall–Kier alpha value is -1.02. The van der Waals surface area contributed by atoms with E-state index in [9.17, 15) is 0 Å². The van der Waals surface area contributed by atoms with Crippen LogP contribution in [-0.4, -0.2) is 13.6 Å². The van der Waals surface area contributed by atoms with Gasteiger partial charge in [-0.05, 0) is 31.4 Å². The first-order valence-electron chi connectivity index (χ1n) is 5.17. The molecule has 2 N–H and O–H groups in total. The van der Waals surface area contributed by atoms with Crippen molar-refractivity contribution in [1.29, 1.82) is 0 Å². The molecule has 0 fully saturated rings. The molecule has 1 aromatic rings. The number of nitrogens with zero attached hydrogens (tertiary/aromatic N) is 1. The van der Waals surface area contributed by atoms with Crippen molar-refractivity contribution < 1.29 is 0 Å². The Bertz CT molecular complexity index is 358. The number of anilines is 1. The Kier molecular flexibility index (Phi) is 2.23. The van der Waals surface area contributed by atoms with Crippen molar-refractivity contribution in [2.75, 3.05) is 18.5 Å². The van der Waals surface area contributed by atoms with Crippen LogP contribution in [0.4, 0.5) is 5.69 Å². The maximum atomic E-state index is 6.12. The largest absolute Gasteiger partial charge is 0.374 e. The highest BCUT2D eigenvalue weighted by molar-refractivity contribution is 5.62. The molecule has 2 heteroatoms. The van der Waals surface area contributed by atoms with Crippen LogP contribution in [0.5, 0.6) is 0 Å². The Balaban J connectivity index is 2.60. The molecular weight excluding hydrogens is 172 g/mol. The summed E-state index contributed by atoms with van der Waals surface area (Å²) in [7, 11) is 2.15. The van der Waals surface area contributed by atoms with Crippen LogP contribution >= 0.6 is 0 Å². The van der Waals surface area contributed by atoms with Crippen molar-refractivity contribution in [3.63, 3.8) is 0 Å². The SMILES string of the molecule is Cc1cc(C)c2c(c1)C(N)CCN2C. The molecule has 1 aliphatic rings. The van der Waals surface area contributed by atoms with E-state index in [-0.39, 0.29) is 6.04 Å². The van der Waals surface area contributed by atoms with Crippen LogP contribution < -0.4 is 10.6 Å². The van der Waals surface area contributed by atoms with E-state index in [0.717, 1.165) is 13.0 Å². The van der Waals surface area contributed by atoms with Gasteiger partial charge in [0.05, 0.1) is 0 Å². The molecule has 0 radical (unpaired) electrons. The lowest BCUT2D eigenvalue weighted by atomic mass is 9.93. The molecule has 76 valence electrons. The first-order valence-corrected chi connectivity index (χ1v) is 5.17. The monoisotopic (exact) mass is 190 g/mol. The molecule has 0 saturated heterocycles. The molecule has 0 saturated carbocycles. The molecule has 1 unspecified atom stereocenters. The van der Waals surface area contributed by atoms with Gasteiger partial charge in [0.25, 0.3) is 0 Å². The topological polar surface area (TPSA) is 29.3 Å². The van der Waals surface area contributed by atoms with Gasteiger partial charge in [-0.2, -0.15) is 0 Å². The lowest BCUT2D eigenvalue weighted by Crippen LogP contribution is -2.31. The highest BCUT2D eigenvalue weighted by Gasteiger charge is 2.21. The van der Waals surface area contributed by atoms with E-state index >= 15 is 0 Å². The second-order valence-corrected chi connectivity index (χ2v) is 4.34. The predicted octanol–water partition coefficient (Wildman–Crippen LogP) is 2.14. The zero-order chi connectivity index (χ0) is 10.3. The summed E-state index contributed by atoms with van der Waals surface area (Å²) in [6.07, 6.45) is 1.06. The molecule has 0 bridgehead atoms. The van der Waals surface area contributed by atoms with E-state index < -0.39 is 0 Å². The summed E-state index contributed by atoms with van der Waals surface area (Å²) >= 11 is 0. The molecule has 1 heterocycles. The van der Waals surface area contributed by atoms with Crippen molar-refractivity contribution in [2.24, 2.45) is 5.73 Å². The van der Waals surface area contributed by atoms with Gasteiger partial charge in [0.2, 0.25) is 0 Å². The summed E-state index contributed by atoms with van der Waals surface area (Å²) in [5.74, 6) is 0. The fourth-order valence-electron chi connectivity index (χ4n) is 2.40. The van der Waals surface area contributed by atoms with Crippen LogP contribution in [-0.2, 0) is 0 Å². The van der Waals surface area contributed by atoms with Gasteiger partial charge in [-0.1, -0.05) is 17.7 Å². The quantitative estimate of drug-likeness (QED) is 0.679. The van der Waals surface area contributed by atoms with Gasteiger partial charge in [-0.3, -0.25) is 0 Å².